The second kappa shape index (κ2) is 5.08. The van der Waals surface area contributed by atoms with Gasteiger partial charge in [0.05, 0.1) is 6.54 Å². The molecule has 94 valence electrons. The summed E-state index contributed by atoms with van der Waals surface area (Å²) in [4.78, 5) is 6.82. The van der Waals surface area contributed by atoms with Crippen LogP contribution in [0.5, 0.6) is 0 Å². The smallest absolute Gasteiger partial charge is 0.112 e. The quantitative estimate of drug-likeness (QED) is 0.898. The van der Waals surface area contributed by atoms with E-state index in [4.69, 9.17) is 0 Å². The fourth-order valence-corrected chi connectivity index (χ4v) is 3.02. The van der Waals surface area contributed by atoms with Crippen molar-refractivity contribution in [1.82, 2.24) is 10.3 Å². The lowest BCUT2D eigenvalue weighted by Crippen LogP contribution is -2.35. The summed E-state index contributed by atoms with van der Waals surface area (Å²) < 4.78 is 0. The van der Waals surface area contributed by atoms with Gasteiger partial charge in [0.2, 0.25) is 0 Å². The Kier molecular flexibility index (Phi) is 3.30. The summed E-state index contributed by atoms with van der Waals surface area (Å²) in [6, 6.07) is 9.14. The molecule has 1 N–H and O–H groups in total. The van der Waals surface area contributed by atoms with Crippen molar-refractivity contribution >= 4 is 17.0 Å². The first-order chi connectivity index (χ1) is 8.83. The number of fused-ring (bicyclic) bond motifs is 1. The number of anilines is 1. The van der Waals surface area contributed by atoms with E-state index in [2.05, 4.69) is 46.4 Å². The molecule has 0 spiro atoms. The van der Waals surface area contributed by atoms with Crippen LogP contribution in [0, 0.1) is 0 Å². The minimum absolute atomic E-state index is 0.498. The minimum atomic E-state index is 0.498. The third kappa shape index (κ3) is 2.40. The van der Waals surface area contributed by atoms with E-state index in [1.54, 1.807) is 11.3 Å². The second-order valence-corrected chi connectivity index (χ2v) is 5.70. The van der Waals surface area contributed by atoms with Gasteiger partial charge in [0.1, 0.15) is 5.01 Å². The van der Waals surface area contributed by atoms with E-state index >= 15 is 0 Å². The predicted octanol–water partition coefficient (Wildman–Crippen LogP) is 2.64. The summed E-state index contributed by atoms with van der Waals surface area (Å²) in [5.41, 5.74) is 2.71. The average molecular weight is 259 g/mol. The zero-order valence-electron chi connectivity index (χ0n) is 10.5. The van der Waals surface area contributed by atoms with Gasteiger partial charge in [-0.15, -0.1) is 11.3 Å². The number of nitrogens with one attached hydrogen (secondary N) is 1. The molecule has 1 aliphatic rings. The molecule has 1 aliphatic heterocycles. The highest BCUT2D eigenvalue weighted by atomic mass is 32.1. The first kappa shape index (κ1) is 11.7. The summed E-state index contributed by atoms with van der Waals surface area (Å²) >= 11 is 1.73. The van der Waals surface area contributed by atoms with Crippen molar-refractivity contribution in [1.29, 1.82) is 0 Å². The largest absolute Gasteiger partial charge is 0.363 e. The van der Waals surface area contributed by atoms with Gasteiger partial charge in [0, 0.05) is 36.4 Å². The Labute approximate surface area is 111 Å². The molecule has 2 aromatic rings. The molecule has 0 aliphatic carbocycles. The van der Waals surface area contributed by atoms with Gasteiger partial charge in [-0.25, -0.2) is 4.98 Å². The third-order valence-electron chi connectivity index (χ3n) is 3.28. The molecule has 0 bridgehead atoms. The fourth-order valence-electron chi connectivity index (χ4n) is 2.39. The zero-order chi connectivity index (χ0) is 12.4. The van der Waals surface area contributed by atoms with E-state index in [1.807, 2.05) is 11.6 Å². The maximum atomic E-state index is 4.40. The Bertz CT molecular complexity index is 510. The summed E-state index contributed by atoms with van der Waals surface area (Å²) in [6.45, 7) is 5.11. The van der Waals surface area contributed by atoms with Crippen molar-refractivity contribution in [2.75, 3.05) is 11.4 Å². The third-order valence-corrected chi connectivity index (χ3v) is 4.04. The zero-order valence-corrected chi connectivity index (χ0v) is 11.3. The lowest BCUT2D eigenvalue weighted by molar-refractivity contribution is 0.552. The van der Waals surface area contributed by atoms with E-state index in [1.165, 1.54) is 16.3 Å². The van der Waals surface area contributed by atoms with Crippen LogP contribution >= 0.6 is 11.3 Å². The van der Waals surface area contributed by atoms with E-state index < -0.39 is 0 Å². The van der Waals surface area contributed by atoms with Gasteiger partial charge in [0.15, 0.2) is 0 Å². The van der Waals surface area contributed by atoms with Gasteiger partial charge in [-0.05, 0) is 18.6 Å². The topological polar surface area (TPSA) is 28.2 Å². The fraction of sp³-hybridized carbons (Fsp3) is 0.357. The summed E-state index contributed by atoms with van der Waals surface area (Å²) in [5, 5.41) is 6.77. The Morgan fingerprint density at radius 1 is 1.44 bits per heavy atom. The molecule has 18 heavy (non-hydrogen) atoms. The van der Waals surface area contributed by atoms with E-state index in [-0.39, 0.29) is 0 Å². The molecular weight excluding hydrogens is 242 g/mol. The van der Waals surface area contributed by atoms with Gasteiger partial charge in [-0.1, -0.05) is 18.2 Å². The van der Waals surface area contributed by atoms with Crippen molar-refractivity contribution in [2.24, 2.45) is 0 Å². The first-order valence-electron chi connectivity index (χ1n) is 6.27. The number of nitrogens with zero attached hydrogens (tertiary/aromatic N) is 2. The molecule has 1 unspecified atom stereocenters. The van der Waals surface area contributed by atoms with E-state index in [0.29, 0.717) is 6.04 Å². The van der Waals surface area contributed by atoms with Gasteiger partial charge < -0.3 is 10.2 Å². The summed E-state index contributed by atoms with van der Waals surface area (Å²) in [5.74, 6) is 0. The van der Waals surface area contributed by atoms with Gasteiger partial charge in [-0.3, -0.25) is 0 Å². The Hall–Kier alpha value is -1.39. The molecule has 0 saturated heterocycles. The number of para-hydroxylation sites is 1. The monoisotopic (exact) mass is 259 g/mol. The Balaban J connectivity index is 1.91. The van der Waals surface area contributed by atoms with Crippen LogP contribution in [-0.4, -0.2) is 17.6 Å². The van der Waals surface area contributed by atoms with Crippen LogP contribution in [0.1, 0.15) is 17.5 Å². The number of hydrogen-bond donors (Lipinski definition) is 1. The average Bonchev–Trinajstić information content (AvgIpc) is 2.83. The maximum Gasteiger partial charge on any atom is 0.112 e. The summed E-state index contributed by atoms with van der Waals surface area (Å²) in [6.07, 6.45) is 1.88. The van der Waals surface area contributed by atoms with Crippen LogP contribution in [0.3, 0.4) is 0 Å². The Morgan fingerprint density at radius 2 is 2.33 bits per heavy atom. The number of rotatable bonds is 2. The second-order valence-electron chi connectivity index (χ2n) is 4.72. The molecule has 0 radical (unpaired) electrons. The van der Waals surface area contributed by atoms with Crippen LogP contribution in [-0.2, 0) is 13.1 Å². The molecule has 1 atom stereocenters. The number of thiazole rings is 1. The van der Waals surface area contributed by atoms with Crippen molar-refractivity contribution in [3.63, 3.8) is 0 Å². The summed E-state index contributed by atoms with van der Waals surface area (Å²) in [7, 11) is 0. The molecule has 1 aromatic carbocycles. The van der Waals surface area contributed by atoms with Crippen molar-refractivity contribution < 1.29 is 0 Å². The molecule has 2 heterocycles. The standard InChI is InChI=1S/C14H17N3S/c1-11-9-17(10-14-15-6-7-18-14)13-5-3-2-4-12(13)8-16-11/h2-7,11,16H,8-10H2,1H3. The van der Waals surface area contributed by atoms with Crippen molar-refractivity contribution in [3.8, 4) is 0 Å². The first-order valence-corrected chi connectivity index (χ1v) is 7.15. The van der Waals surface area contributed by atoms with Crippen LogP contribution in [0.2, 0.25) is 0 Å². The maximum absolute atomic E-state index is 4.40. The number of benzene rings is 1. The van der Waals surface area contributed by atoms with Gasteiger partial charge in [0.25, 0.3) is 0 Å². The molecule has 0 fully saturated rings. The highest BCUT2D eigenvalue weighted by Gasteiger charge is 2.19. The van der Waals surface area contributed by atoms with Crippen LogP contribution < -0.4 is 10.2 Å². The normalized spacial score (nSPS) is 19.4. The van der Waals surface area contributed by atoms with Crippen molar-refractivity contribution in [3.05, 3.63) is 46.4 Å². The predicted molar refractivity (Wildman–Crippen MR) is 75.9 cm³/mol. The van der Waals surface area contributed by atoms with E-state index in [0.717, 1.165) is 19.6 Å². The van der Waals surface area contributed by atoms with Crippen LogP contribution in [0.25, 0.3) is 0 Å². The van der Waals surface area contributed by atoms with Gasteiger partial charge >= 0.3 is 0 Å². The highest BCUT2D eigenvalue weighted by Crippen LogP contribution is 2.25. The van der Waals surface area contributed by atoms with Crippen LogP contribution in [0.4, 0.5) is 5.69 Å². The highest BCUT2D eigenvalue weighted by molar-refractivity contribution is 7.09. The molecule has 3 nitrogen and oxygen atoms in total. The number of aromatic nitrogens is 1. The Morgan fingerprint density at radius 3 is 3.17 bits per heavy atom. The number of hydrogen-bond acceptors (Lipinski definition) is 4. The lowest BCUT2D eigenvalue weighted by Gasteiger charge is -2.25. The molecule has 3 rings (SSSR count). The minimum Gasteiger partial charge on any atom is -0.363 e. The molecule has 4 heteroatoms. The molecular formula is C14H17N3S. The van der Waals surface area contributed by atoms with Gasteiger partial charge in [-0.2, -0.15) is 0 Å². The molecule has 1 aromatic heterocycles. The lowest BCUT2D eigenvalue weighted by atomic mass is 10.1. The van der Waals surface area contributed by atoms with Crippen molar-refractivity contribution in [2.45, 2.75) is 26.1 Å². The van der Waals surface area contributed by atoms with E-state index in [9.17, 15) is 0 Å². The SMILES string of the molecule is CC1CN(Cc2nccs2)c2ccccc2CN1. The molecule has 0 amide bonds. The molecule has 0 saturated carbocycles. The van der Waals surface area contributed by atoms with Crippen LogP contribution in [0.15, 0.2) is 35.8 Å².